The smallest absolute Gasteiger partial charge is 0.360 e. The summed E-state index contributed by atoms with van der Waals surface area (Å²) in [5.74, 6) is -0.397. The van der Waals surface area contributed by atoms with Gasteiger partial charge in [0.2, 0.25) is 0 Å². The van der Waals surface area contributed by atoms with Gasteiger partial charge in [-0.25, -0.2) is 4.79 Å². The SMILES string of the molecule is CCOC(=O)c1nn2c(c1Br)COCC2. The van der Waals surface area contributed by atoms with E-state index in [1.807, 2.05) is 0 Å². The second-order valence-electron chi connectivity index (χ2n) is 3.11. The summed E-state index contributed by atoms with van der Waals surface area (Å²) in [6, 6.07) is 0. The van der Waals surface area contributed by atoms with Crippen LogP contribution < -0.4 is 0 Å². The van der Waals surface area contributed by atoms with Gasteiger partial charge in [0, 0.05) is 0 Å². The van der Waals surface area contributed by atoms with Crippen LogP contribution in [0.4, 0.5) is 0 Å². The maximum absolute atomic E-state index is 11.5. The molecule has 6 heteroatoms. The zero-order chi connectivity index (χ0) is 10.8. The summed E-state index contributed by atoms with van der Waals surface area (Å²) in [7, 11) is 0. The summed E-state index contributed by atoms with van der Waals surface area (Å²) < 4.78 is 12.6. The molecule has 1 aliphatic rings. The van der Waals surface area contributed by atoms with Gasteiger partial charge < -0.3 is 9.47 Å². The molecule has 82 valence electrons. The van der Waals surface area contributed by atoms with Gasteiger partial charge in [-0.1, -0.05) is 0 Å². The number of hydrogen-bond donors (Lipinski definition) is 0. The molecule has 1 aromatic heterocycles. The lowest BCUT2D eigenvalue weighted by Crippen LogP contribution is -2.17. The zero-order valence-electron chi connectivity index (χ0n) is 8.33. The van der Waals surface area contributed by atoms with Crippen molar-refractivity contribution >= 4 is 21.9 Å². The largest absolute Gasteiger partial charge is 0.461 e. The minimum atomic E-state index is -0.397. The molecule has 1 aliphatic heterocycles. The molecule has 0 amide bonds. The Balaban J connectivity index is 2.32. The van der Waals surface area contributed by atoms with Crippen molar-refractivity contribution in [2.45, 2.75) is 20.1 Å². The van der Waals surface area contributed by atoms with Crippen LogP contribution in [-0.2, 0) is 22.6 Å². The van der Waals surface area contributed by atoms with Crippen LogP contribution >= 0.6 is 15.9 Å². The van der Waals surface area contributed by atoms with E-state index in [1.165, 1.54) is 0 Å². The van der Waals surface area contributed by atoms with Crippen molar-refractivity contribution in [1.29, 1.82) is 0 Å². The standard InChI is InChI=1S/C9H11BrN2O3/c1-2-15-9(13)8-7(10)6-5-14-4-3-12(6)11-8/h2-5H2,1H3. The Hall–Kier alpha value is -0.880. The van der Waals surface area contributed by atoms with Crippen molar-refractivity contribution in [3.05, 3.63) is 15.9 Å². The maximum Gasteiger partial charge on any atom is 0.360 e. The minimum Gasteiger partial charge on any atom is -0.461 e. The molecule has 0 saturated heterocycles. The van der Waals surface area contributed by atoms with Gasteiger partial charge in [-0.15, -0.1) is 0 Å². The Bertz CT molecular complexity index is 389. The third kappa shape index (κ3) is 1.91. The molecule has 1 aromatic rings. The molecule has 0 fully saturated rings. The van der Waals surface area contributed by atoms with Gasteiger partial charge in [0.25, 0.3) is 0 Å². The molecule has 0 unspecified atom stereocenters. The van der Waals surface area contributed by atoms with E-state index >= 15 is 0 Å². The van der Waals surface area contributed by atoms with Crippen molar-refractivity contribution in [3.8, 4) is 0 Å². The molecule has 0 aromatic carbocycles. The zero-order valence-corrected chi connectivity index (χ0v) is 9.91. The first-order chi connectivity index (χ1) is 7.24. The number of halogens is 1. The molecule has 5 nitrogen and oxygen atoms in total. The molecule has 0 aliphatic carbocycles. The number of esters is 1. The van der Waals surface area contributed by atoms with E-state index in [2.05, 4.69) is 21.0 Å². The molecule has 0 N–H and O–H groups in total. The molecule has 0 spiro atoms. The second-order valence-corrected chi connectivity index (χ2v) is 3.90. The first-order valence-electron chi connectivity index (χ1n) is 4.74. The lowest BCUT2D eigenvalue weighted by Gasteiger charge is -2.13. The van der Waals surface area contributed by atoms with Crippen molar-refractivity contribution < 1.29 is 14.3 Å². The number of fused-ring (bicyclic) bond motifs is 1. The van der Waals surface area contributed by atoms with E-state index in [-0.39, 0.29) is 0 Å². The fourth-order valence-corrected chi connectivity index (χ4v) is 2.01. The monoisotopic (exact) mass is 274 g/mol. The van der Waals surface area contributed by atoms with Crippen LogP contribution in [0, 0.1) is 0 Å². The molecule has 0 atom stereocenters. The maximum atomic E-state index is 11.5. The fourth-order valence-electron chi connectivity index (χ4n) is 1.45. The number of carbonyl (C=O) groups excluding carboxylic acids is 1. The number of hydrogen-bond acceptors (Lipinski definition) is 4. The summed E-state index contributed by atoms with van der Waals surface area (Å²) in [6.07, 6.45) is 0. The van der Waals surface area contributed by atoms with Crippen LogP contribution in [-0.4, -0.2) is 29.0 Å². The third-order valence-corrected chi connectivity index (χ3v) is 2.98. The molecule has 0 saturated carbocycles. The van der Waals surface area contributed by atoms with E-state index in [9.17, 15) is 4.79 Å². The molecule has 15 heavy (non-hydrogen) atoms. The lowest BCUT2D eigenvalue weighted by molar-refractivity contribution is 0.0516. The molecule has 2 rings (SSSR count). The summed E-state index contributed by atoms with van der Waals surface area (Å²) in [6.45, 7) is 3.90. The predicted octanol–water partition coefficient (Wildman–Crippen LogP) is 1.35. The predicted molar refractivity (Wildman–Crippen MR) is 55.5 cm³/mol. The summed E-state index contributed by atoms with van der Waals surface area (Å²) in [5.41, 5.74) is 1.22. The first-order valence-corrected chi connectivity index (χ1v) is 5.53. The normalized spacial score (nSPS) is 14.8. The summed E-state index contributed by atoms with van der Waals surface area (Å²) in [4.78, 5) is 11.5. The van der Waals surface area contributed by atoms with Gasteiger partial charge in [0.1, 0.15) is 0 Å². The number of rotatable bonds is 2. The van der Waals surface area contributed by atoms with Gasteiger partial charge in [0.15, 0.2) is 5.69 Å². The van der Waals surface area contributed by atoms with Gasteiger partial charge in [-0.05, 0) is 22.9 Å². The Morgan fingerprint density at radius 3 is 3.20 bits per heavy atom. The average Bonchev–Trinajstić information content (AvgIpc) is 2.57. The van der Waals surface area contributed by atoms with Crippen molar-refractivity contribution in [3.63, 3.8) is 0 Å². The highest BCUT2D eigenvalue weighted by molar-refractivity contribution is 9.10. The minimum absolute atomic E-state index is 0.331. The van der Waals surface area contributed by atoms with Crippen LogP contribution in [0.25, 0.3) is 0 Å². The first kappa shape index (κ1) is 10.6. The second kappa shape index (κ2) is 4.32. The van der Waals surface area contributed by atoms with Gasteiger partial charge in [-0.3, -0.25) is 4.68 Å². The van der Waals surface area contributed by atoms with Crippen LogP contribution in [0.1, 0.15) is 23.1 Å². The third-order valence-electron chi connectivity index (χ3n) is 2.15. The summed E-state index contributed by atoms with van der Waals surface area (Å²) >= 11 is 3.34. The number of nitrogens with zero attached hydrogens (tertiary/aromatic N) is 2. The van der Waals surface area contributed by atoms with Crippen molar-refractivity contribution in [2.24, 2.45) is 0 Å². The highest BCUT2D eigenvalue weighted by Gasteiger charge is 2.23. The Morgan fingerprint density at radius 2 is 2.53 bits per heavy atom. The van der Waals surface area contributed by atoms with Crippen LogP contribution in [0.3, 0.4) is 0 Å². The molecule has 0 bridgehead atoms. The highest BCUT2D eigenvalue weighted by Crippen LogP contribution is 2.25. The molecule has 2 heterocycles. The fraction of sp³-hybridized carbons (Fsp3) is 0.556. The van der Waals surface area contributed by atoms with Crippen molar-refractivity contribution in [2.75, 3.05) is 13.2 Å². The van der Waals surface area contributed by atoms with Gasteiger partial charge >= 0.3 is 5.97 Å². The van der Waals surface area contributed by atoms with Crippen LogP contribution in [0.15, 0.2) is 4.47 Å². The number of aromatic nitrogens is 2. The number of carbonyl (C=O) groups is 1. The Morgan fingerprint density at radius 1 is 1.73 bits per heavy atom. The lowest BCUT2D eigenvalue weighted by atomic mass is 10.3. The molecular weight excluding hydrogens is 264 g/mol. The molecular formula is C9H11BrN2O3. The van der Waals surface area contributed by atoms with E-state index in [0.29, 0.717) is 36.5 Å². The Labute approximate surface area is 95.5 Å². The summed E-state index contributed by atoms with van der Waals surface area (Å²) in [5, 5.41) is 4.18. The van der Waals surface area contributed by atoms with Crippen molar-refractivity contribution in [1.82, 2.24) is 9.78 Å². The van der Waals surface area contributed by atoms with Crippen LogP contribution in [0.5, 0.6) is 0 Å². The van der Waals surface area contributed by atoms with Gasteiger partial charge in [0.05, 0.1) is 36.5 Å². The highest BCUT2D eigenvalue weighted by atomic mass is 79.9. The van der Waals surface area contributed by atoms with E-state index in [0.717, 1.165) is 5.69 Å². The Kier molecular flexibility index (Phi) is 3.06. The quantitative estimate of drug-likeness (QED) is 0.764. The average molecular weight is 275 g/mol. The van der Waals surface area contributed by atoms with Gasteiger partial charge in [-0.2, -0.15) is 5.10 Å². The topological polar surface area (TPSA) is 53.3 Å². The van der Waals surface area contributed by atoms with Crippen LogP contribution in [0.2, 0.25) is 0 Å². The van der Waals surface area contributed by atoms with E-state index in [4.69, 9.17) is 9.47 Å². The molecule has 0 radical (unpaired) electrons. The van der Waals surface area contributed by atoms with E-state index in [1.54, 1.807) is 11.6 Å². The van der Waals surface area contributed by atoms with E-state index < -0.39 is 5.97 Å². The number of ether oxygens (including phenoxy) is 2.